The minimum Gasteiger partial charge on any atom is -0.444 e. The highest BCUT2D eigenvalue weighted by Gasteiger charge is 2.36. The first-order valence-corrected chi connectivity index (χ1v) is 6.15. The molecule has 0 aromatic rings. The number of nitrogens with zero attached hydrogens (tertiary/aromatic N) is 1. The molecule has 0 N–H and O–H groups in total. The highest BCUT2D eigenvalue weighted by atomic mass is 79.9. The average molecular weight is 282 g/mol. The van der Waals surface area contributed by atoms with Crippen LogP contribution in [0.25, 0.3) is 0 Å². The van der Waals surface area contributed by atoms with E-state index in [1.165, 1.54) is 4.90 Å². The van der Waals surface area contributed by atoms with Gasteiger partial charge in [-0.3, -0.25) is 0 Å². The highest BCUT2D eigenvalue weighted by Crippen LogP contribution is 2.24. The van der Waals surface area contributed by atoms with Gasteiger partial charge in [0.1, 0.15) is 11.8 Å². The molecule has 88 valence electrons. The largest absolute Gasteiger partial charge is 0.444 e. The lowest BCUT2D eigenvalue weighted by Gasteiger charge is -2.27. The van der Waals surface area contributed by atoms with Crippen molar-refractivity contribution in [1.29, 1.82) is 0 Å². The summed E-state index contributed by atoms with van der Waals surface area (Å²) in [6, 6.07) is -0.0881. The van der Waals surface area contributed by atoms with Crippen LogP contribution in [0.5, 0.6) is 0 Å². The molecule has 1 rings (SSSR count). The second-order valence-corrected chi connectivity index (χ2v) is 5.42. The van der Waals surface area contributed by atoms with Gasteiger partial charge in [-0.05, 0) is 20.8 Å². The van der Waals surface area contributed by atoms with Gasteiger partial charge in [-0.25, -0.2) is 9.18 Å². The molecule has 3 nitrogen and oxygen atoms in total. The Kier molecular flexibility index (Phi) is 3.98. The van der Waals surface area contributed by atoms with E-state index in [1.807, 2.05) is 0 Å². The topological polar surface area (TPSA) is 29.5 Å². The minimum absolute atomic E-state index is 0.0881. The van der Waals surface area contributed by atoms with E-state index in [-0.39, 0.29) is 12.6 Å². The third kappa shape index (κ3) is 3.63. The minimum atomic E-state index is -0.930. The van der Waals surface area contributed by atoms with Crippen LogP contribution < -0.4 is 0 Å². The summed E-state index contributed by atoms with van der Waals surface area (Å²) in [6.45, 7) is 5.55. The van der Waals surface area contributed by atoms with Gasteiger partial charge in [-0.2, -0.15) is 0 Å². The maximum Gasteiger partial charge on any atom is 0.410 e. The summed E-state index contributed by atoms with van der Waals surface area (Å²) in [4.78, 5) is 13.2. The maximum absolute atomic E-state index is 13.1. The fourth-order valence-electron chi connectivity index (χ4n) is 1.55. The van der Waals surface area contributed by atoms with Crippen LogP contribution in [0.3, 0.4) is 0 Å². The number of rotatable bonds is 1. The van der Waals surface area contributed by atoms with Crippen molar-refractivity contribution >= 4 is 22.0 Å². The zero-order valence-electron chi connectivity index (χ0n) is 9.30. The van der Waals surface area contributed by atoms with Crippen LogP contribution in [0.2, 0.25) is 0 Å². The number of hydrogen-bond donors (Lipinski definition) is 0. The van der Waals surface area contributed by atoms with E-state index >= 15 is 0 Å². The Morgan fingerprint density at radius 1 is 1.60 bits per heavy atom. The van der Waals surface area contributed by atoms with Crippen molar-refractivity contribution in [3.8, 4) is 0 Å². The molecule has 0 unspecified atom stereocenters. The summed E-state index contributed by atoms with van der Waals surface area (Å²) in [5.41, 5.74) is -0.525. The Morgan fingerprint density at radius 2 is 2.20 bits per heavy atom. The van der Waals surface area contributed by atoms with Gasteiger partial charge in [-0.1, -0.05) is 15.9 Å². The fourth-order valence-corrected chi connectivity index (χ4v) is 2.16. The van der Waals surface area contributed by atoms with E-state index in [0.717, 1.165) is 0 Å². The highest BCUT2D eigenvalue weighted by molar-refractivity contribution is 9.09. The summed E-state index contributed by atoms with van der Waals surface area (Å²) in [7, 11) is 0. The Labute approximate surface area is 98.1 Å². The number of ether oxygens (including phenoxy) is 1. The second kappa shape index (κ2) is 4.68. The van der Waals surface area contributed by atoms with E-state index in [9.17, 15) is 9.18 Å². The third-order valence-electron chi connectivity index (χ3n) is 2.17. The van der Waals surface area contributed by atoms with Gasteiger partial charge in [0, 0.05) is 17.8 Å². The Hall–Kier alpha value is -0.320. The molecule has 0 bridgehead atoms. The lowest BCUT2D eigenvalue weighted by Crippen LogP contribution is -2.40. The molecule has 0 radical (unpaired) electrons. The van der Waals surface area contributed by atoms with Gasteiger partial charge in [0.25, 0.3) is 0 Å². The third-order valence-corrected chi connectivity index (χ3v) is 2.92. The van der Waals surface area contributed by atoms with Crippen molar-refractivity contribution in [1.82, 2.24) is 4.90 Å². The standard InChI is InChI=1S/C10H17BrFNO2/c1-10(2,3)15-9(14)13-6-7(12)4-8(13)5-11/h7-8H,4-6H2,1-3H3/t7-,8-/m0/s1. The van der Waals surface area contributed by atoms with Crippen molar-refractivity contribution in [2.45, 2.75) is 45.0 Å². The second-order valence-electron chi connectivity index (χ2n) is 4.77. The van der Waals surface area contributed by atoms with E-state index in [2.05, 4.69) is 15.9 Å². The van der Waals surface area contributed by atoms with Crippen LogP contribution in [-0.2, 0) is 4.74 Å². The smallest absolute Gasteiger partial charge is 0.410 e. The van der Waals surface area contributed by atoms with E-state index in [0.29, 0.717) is 11.8 Å². The number of amides is 1. The molecule has 0 spiro atoms. The van der Waals surface area contributed by atoms with E-state index < -0.39 is 17.9 Å². The summed E-state index contributed by atoms with van der Waals surface area (Å²) in [5.74, 6) is 0. The number of carbonyl (C=O) groups excluding carboxylic acids is 1. The first-order chi connectivity index (χ1) is 6.83. The normalized spacial score (nSPS) is 26.9. The van der Waals surface area contributed by atoms with Crippen LogP contribution >= 0.6 is 15.9 Å². The van der Waals surface area contributed by atoms with E-state index in [4.69, 9.17) is 4.74 Å². The van der Waals surface area contributed by atoms with Crippen LogP contribution in [0.1, 0.15) is 27.2 Å². The molecule has 15 heavy (non-hydrogen) atoms. The van der Waals surface area contributed by atoms with Gasteiger partial charge in [0.15, 0.2) is 0 Å². The van der Waals surface area contributed by atoms with Gasteiger partial charge in [0.05, 0.1) is 6.54 Å². The zero-order valence-corrected chi connectivity index (χ0v) is 10.9. The summed E-state index contributed by atoms with van der Waals surface area (Å²) < 4.78 is 18.3. The number of carbonyl (C=O) groups is 1. The first kappa shape index (κ1) is 12.7. The van der Waals surface area contributed by atoms with Crippen LogP contribution in [0, 0.1) is 0 Å². The van der Waals surface area contributed by atoms with Crippen molar-refractivity contribution in [2.75, 3.05) is 11.9 Å². The van der Waals surface area contributed by atoms with Gasteiger partial charge in [-0.15, -0.1) is 0 Å². The molecule has 0 aromatic carbocycles. The monoisotopic (exact) mass is 281 g/mol. The number of alkyl halides is 2. The predicted octanol–water partition coefficient (Wildman–Crippen LogP) is 2.73. The molecule has 0 aromatic heterocycles. The average Bonchev–Trinajstić information content (AvgIpc) is 2.43. The van der Waals surface area contributed by atoms with Crippen molar-refractivity contribution in [3.63, 3.8) is 0 Å². The molecular formula is C10H17BrFNO2. The number of likely N-dealkylation sites (tertiary alicyclic amines) is 1. The molecule has 1 aliphatic heterocycles. The lowest BCUT2D eigenvalue weighted by molar-refractivity contribution is 0.0234. The summed E-state index contributed by atoms with van der Waals surface area (Å²) in [5, 5.41) is 0.590. The molecule has 0 saturated carbocycles. The first-order valence-electron chi connectivity index (χ1n) is 5.03. The Balaban J connectivity index is 2.59. The molecule has 1 fully saturated rings. The molecule has 1 saturated heterocycles. The van der Waals surface area contributed by atoms with E-state index in [1.54, 1.807) is 20.8 Å². The Bertz CT molecular complexity index is 242. The van der Waals surface area contributed by atoms with Crippen LogP contribution in [0.4, 0.5) is 9.18 Å². The summed E-state index contributed by atoms with van der Waals surface area (Å²) in [6.07, 6.45) is -0.961. The van der Waals surface area contributed by atoms with Gasteiger partial charge in [0.2, 0.25) is 0 Å². The summed E-state index contributed by atoms with van der Waals surface area (Å²) >= 11 is 3.28. The lowest BCUT2D eigenvalue weighted by atomic mass is 10.2. The molecule has 1 aliphatic rings. The van der Waals surface area contributed by atoms with Crippen LogP contribution in [0.15, 0.2) is 0 Å². The predicted molar refractivity (Wildman–Crippen MR) is 60.0 cm³/mol. The number of hydrogen-bond acceptors (Lipinski definition) is 2. The van der Waals surface area contributed by atoms with Crippen molar-refractivity contribution in [3.05, 3.63) is 0 Å². The molecule has 1 amide bonds. The van der Waals surface area contributed by atoms with Crippen LogP contribution in [-0.4, -0.2) is 40.7 Å². The van der Waals surface area contributed by atoms with Gasteiger partial charge < -0.3 is 9.64 Å². The Morgan fingerprint density at radius 3 is 2.67 bits per heavy atom. The van der Waals surface area contributed by atoms with Crippen molar-refractivity contribution < 1.29 is 13.9 Å². The zero-order chi connectivity index (χ0) is 11.6. The molecule has 1 heterocycles. The molecule has 2 atom stereocenters. The molecule has 0 aliphatic carbocycles. The SMILES string of the molecule is CC(C)(C)OC(=O)N1C[C@@H](F)C[C@H]1CBr. The molecular weight excluding hydrogens is 265 g/mol. The maximum atomic E-state index is 13.1. The fraction of sp³-hybridized carbons (Fsp3) is 0.900. The quantitative estimate of drug-likeness (QED) is 0.692. The number of halogens is 2. The molecule has 5 heteroatoms. The van der Waals surface area contributed by atoms with Crippen molar-refractivity contribution in [2.24, 2.45) is 0 Å². The van der Waals surface area contributed by atoms with Gasteiger partial charge >= 0.3 is 6.09 Å².